The molecule has 16 heteroatoms. The molecule has 298 valence electrons. The van der Waals surface area contributed by atoms with Gasteiger partial charge >= 0.3 is 6.09 Å². The van der Waals surface area contributed by atoms with Gasteiger partial charge < -0.3 is 35.8 Å². The van der Waals surface area contributed by atoms with Crippen LogP contribution in [0.3, 0.4) is 0 Å². The highest BCUT2D eigenvalue weighted by Crippen LogP contribution is 2.50. The van der Waals surface area contributed by atoms with Gasteiger partial charge in [0.05, 0.1) is 23.3 Å². The van der Waals surface area contributed by atoms with E-state index in [1.165, 1.54) is 9.80 Å². The fourth-order valence-corrected chi connectivity index (χ4v) is 9.67. The maximum atomic E-state index is 14.4. The minimum Gasteiger partial charge on any atom is -0.449 e. The van der Waals surface area contributed by atoms with Crippen LogP contribution in [0.2, 0.25) is 0 Å². The summed E-state index contributed by atoms with van der Waals surface area (Å²) in [5.41, 5.74) is -0.0572. The summed E-state index contributed by atoms with van der Waals surface area (Å²) in [7, 11) is 3.12. The monoisotopic (exact) mass is 788 g/mol. The molecule has 0 aromatic carbocycles. The summed E-state index contributed by atoms with van der Waals surface area (Å²) in [5, 5.41) is 10.5. The maximum Gasteiger partial charge on any atom is 0.407 e. The lowest BCUT2D eigenvalue weighted by molar-refractivity contribution is -0.144. The number of rotatable bonds is 14. The fourth-order valence-electron chi connectivity index (χ4n) is 6.32. The Labute approximate surface area is 326 Å². The number of nitrogens with zero attached hydrogens (tertiary/aromatic N) is 2. The molecule has 0 bridgehead atoms. The van der Waals surface area contributed by atoms with Crippen molar-refractivity contribution < 1.29 is 38.3 Å². The zero-order valence-corrected chi connectivity index (χ0v) is 34.1. The largest absolute Gasteiger partial charge is 0.449 e. The lowest BCUT2D eigenvalue weighted by atomic mass is 9.85. The second kappa shape index (κ2) is 18.7. The number of amides is 6. The molecule has 1 saturated carbocycles. The van der Waals surface area contributed by atoms with E-state index in [2.05, 4.69) is 21.3 Å². The van der Waals surface area contributed by atoms with Crippen LogP contribution in [-0.2, 0) is 33.5 Å². The molecule has 3 fully saturated rings. The standard InChI is InChI=1S/C38H56N6O8S2/c1-23(2)21-52-36(51)42-31(37(3,4)5)35(50)44-22-38(53-16-11-17-54-38)19-27(44)32(47)40-26(18-24-14-15-24)30(46)33(48)39-20-28(45)41-29(34(49)43(6)7)25-12-9-8-10-13-25/h8-10,12,23-24,26-27,31H,11,13-22H2,1-7H3,(H,39,48)(H,40,47)(H,41,45)(H,42,51)/t26?,27-,31+/m0/s1. The van der Waals surface area contributed by atoms with E-state index in [0.29, 0.717) is 18.4 Å². The fraction of sp³-hybridized carbons (Fsp3) is 0.658. The first-order valence-electron chi connectivity index (χ1n) is 18.6. The van der Waals surface area contributed by atoms with E-state index in [4.69, 9.17) is 4.74 Å². The van der Waals surface area contributed by atoms with Gasteiger partial charge in [0.2, 0.25) is 23.5 Å². The van der Waals surface area contributed by atoms with Crippen LogP contribution in [0.1, 0.15) is 73.1 Å². The number of thioether (sulfide) groups is 2. The van der Waals surface area contributed by atoms with Gasteiger partial charge in [0, 0.05) is 27.1 Å². The quantitative estimate of drug-likeness (QED) is 0.151. The summed E-state index contributed by atoms with van der Waals surface area (Å²) in [4.78, 5) is 96.8. The van der Waals surface area contributed by atoms with E-state index in [-0.39, 0.29) is 37.1 Å². The number of likely N-dealkylation sites (N-methyl/N-ethyl adjacent to an activating group) is 1. The first-order chi connectivity index (χ1) is 25.4. The minimum absolute atomic E-state index is 0.0733. The number of carbonyl (C=O) groups is 7. The van der Waals surface area contributed by atoms with Crippen LogP contribution in [0.4, 0.5) is 4.79 Å². The van der Waals surface area contributed by atoms with Crippen molar-refractivity contribution in [3.8, 4) is 0 Å². The summed E-state index contributed by atoms with van der Waals surface area (Å²) in [6.45, 7) is 9.18. The van der Waals surface area contributed by atoms with Crippen molar-refractivity contribution in [2.24, 2.45) is 17.3 Å². The highest BCUT2D eigenvalue weighted by atomic mass is 32.2. The Hall–Kier alpha value is -3.79. The van der Waals surface area contributed by atoms with E-state index < -0.39 is 75.6 Å². The SMILES string of the molecule is CC(C)COC(=O)N[C@H](C(=O)N1CC2(C[C@H]1C(=O)NC(CC1CC1)C(=O)C(=O)NCC(=O)NC(C(=O)N(C)C)=C1C=CC=CC1)SCCCS2)C(C)(C)C. The van der Waals surface area contributed by atoms with E-state index in [1.807, 2.05) is 46.8 Å². The number of Topliss-reactive ketones (excluding diaryl/α,β-unsaturated/α-hetero) is 1. The number of hydrogen-bond donors (Lipinski definition) is 4. The van der Waals surface area contributed by atoms with E-state index >= 15 is 0 Å². The molecule has 4 aliphatic rings. The van der Waals surface area contributed by atoms with Crippen molar-refractivity contribution in [2.75, 3.05) is 45.3 Å². The maximum absolute atomic E-state index is 14.4. The Morgan fingerprint density at radius 1 is 1.02 bits per heavy atom. The molecule has 2 saturated heterocycles. The van der Waals surface area contributed by atoms with E-state index in [0.717, 1.165) is 30.8 Å². The Bertz CT molecular complexity index is 1560. The number of hydrogen-bond acceptors (Lipinski definition) is 10. The van der Waals surface area contributed by atoms with Gasteiger partial charge in [-0.2, -0.15) is 0 Å². The molecule has 1 spiro atoms. The lowest BCUT2D eigenvalue weighted by Gasteiger charge is -2.36. The number of carbonyl (C=O) groups excluding carboxylic acids is 7. The normalized spacial score (nSPS) is 21.2. The molecule has 1 unspecified atom stereocenters. The molecule has 3 atom stereocenters. The molecule has 0 aromatic heterocycles. The minimum atomic E-state index is -1.18. The molecular weight excluding hydrogens is 733 g/mol. The molecule has 54 heavy (non-hydrogen) atoms. The van der Waals surface area contributed by atoms with Crippen molar-refractivity contribution in [3.05, 3.63) is 35.6 Å². The Morgan fingerprint density at radius 3 is 2.28 bits per heavy atom. The van der Waals surface area contributed by atoms with Crippen molar-refractivity contribution in [1.29, 1.82) is 0 Å². The summed E-state index contributed by atoms with van der Waals surface area (Å²) in [6.07, 6.45) is 10.1. The van der Waals surface area contributed by atoms with Crippen molar-refractivity contribution in [2.45, 2.75) is 95.3 Å². The second-order valence-corrected chi connectivity index (χ2v) is 19.2. The zero-order chi connectivity index (χ0) is 39.8. The van der Waals surface area contributed by atoms with Crippen LogP contribution in [-0.4, -0.2) is 119 Å². The summed E-state index contributed by atoms with van der Waals surface area (Å²) < 4.78 is 4.90. The highest BCUT2D eigenvalue weighted by Gasteiger charge is 2.53. The molecule has 4 N–H and O–H groups in total. The summed E-state index contributed by atoms with van der Waals surface area (Å²) >= 11 is 3.42. The van der Waals surface area contributed by atoms with Crippen LogP contribution >= 0.6 is 23.5 Å². The van der Waals surface area contributed by atoms with Crippen LogP contribution in [0, 0.1) is 17.3 Å². The van der Waals surface area contributed by atoms with E-state index in [9.17, 15) is 33.6 Å². The van der Waals surface area contributed by atoms with Gasteiger partial charge in [0.1, 0.15) is 17.8 Å². The van der Waals surface area contributed by atoms with Gasteiger partial charge in [-0.1, -0.05) is 71.8 Å². The number of ether oxygens (including phenoxy) is 1. The molecule has 0 radical (unpaired) electrons. The summed E-state index contributed by atoms with van der Waals surface area (Å²) in [6, 6.07) is -3.14. The topological polar surface area (TPSA) is 183 Å². The molecular formula is C38H56N6O8S2. The van der Waals surface area contributed by atoms with Gasteiger partial charge in [0.25, 0.3) is 11.8 Å². The first-order valence-corrected chi connectivity index (χ1v) is 20.6. The number of nitrogens with one attached hydrogen (secondary N) is 4. The number of alkyl carbamates (subject to hydrolysis) is 1. The lowest BCUT2D eigenvalue weighted by Crippen LogP contribution is -2.59. The van der Waals surface area contributed by atoms with Crippen molar-refractivity contribution in [3.63, 3.8) is 0 Å². The molecule has 4 rings (SSSR count). The van der Waals surface area contributed by atoms with Crippen molar-refractivity contribution in [1.82, 2.24) is 31.1 Å². The van der Waals surface area contributed by atoms with Gasteiger partial charge in [-0.3, -0.25) is 28.8 Å². The van der Waals surface area contributed by atoms with Crippen LogP contribution < -0.4 is 21.3 Å². The number of allylic oxidation sites excluding steroid dienone is 5. The first kappa shape index (κ1) is 42.9. The smallest absolute Gasteiger partial charge is 0.407 e. The third-order valence-electron chi connectivity index (χ3n) is 9.44. The highest BCUT2D eigenvalue weighted by molar-refractivity contribution is 8.18. The molecule has 2 aliphatic carbocycles. The van der Waals surface area contributed by atoms with Crippen molar-refractivity contribution >= 4 is 64.9 Å². The third-order valence-corrected chi connectivity index (χ3v) is 12.8. The van der Waals surface area contributed by atoms with E-state index in [1.54, 1.807) is 49.8 Å². The zero-order valence-electron chi connectivity index (χ0n) is 32.5. The molecule has 0 aromatic rings. The molecule has 2 aliphatic heterocycles. The van der Waals surface area contributed by atoms with Gasteiger partial charge in [-0.25, -0.2) is 4.79 Å². The van der Waals surface area contributed by atoms with Gasteiger partial charge in [0.15, 0.2) is 0 Å². The Balaban J connectivity index is 1.48. The summed E-state index contributed by atoms with van der Waals surface area (Å²) in [5.74, 6) is -2.06. The third kappa shape index (κ3) is 11.9. The molecule has 14 nitrogen and oxygen atoms in total. The van der Waals surface area contributed by atoms with Crippen LogP contribution in [0.15, 0.2) is 35.6 Å². The number of ketones is 1. The second-order valence-electron chi connectivity index (χ2n) is 16.0. The van der Waals surface area contributed by atoms with Gasteiger partial charge in [-0.15, -0.1) is 23.5 Å². The Kier molecular flexibility index (Phi) is 14.9. The number of likely N-dealkylation sites (tertiary alicyclic amines) is 1. The molecule has 2 heterocycles. The average molecular weight is 789 g/mol. The predicted octanol–water partition coefficient (Wildman–Crippen LogP) is 2.90. The average Bonchev–Trinajstić information content (AvgIpc) is 3.88. The van der Waals surface area contributed by atoms with Crippen LogP contribution in [0.25, 0.3) is 0 Å². The Morgan fingerprint density at radius 2 is 1.70 bits per heavy atom. The van der Waals surface area contributed by atoms with Gasteiger partial charge in [-0.05, 0) is 53.6 Å². The molecule has 6 amide bonds. The van der Waals surface area contributed by atoms with Crippen LogP contribution in [0.5, 0.6) is 0 Å². The predicted molar refractivity (Wildman–Crippen MR) is 209 cm³/mol.